The number of hydrogen-bond acceptors (Lipinski definition) is 0. The second-order valence-corrected chi connectivity index (χ2v) is 5.07. The normalized spacial score (nSPS) is 11.7. The molecule has 4 rings (SSSR count). The molecule has 0 aliphatic rings. The van der Waals surface area contributed by atoms with E-state index in [0.717, 1.165) is 16.3 Å². The van der Waals surface area contributed by atoms with Gasteiger partial charge in [0.1, 0.15) is 0 Å². The minimum Gasteiger partial charge on any atom is -0.313 e. The molecule has 0 amide bonds. The lowest BCUT2D eigenvalue weighted by Gasteiger charge is -2.03. The van der Waals surface area contributed by atoms with Gasteiger partial charge in [-0.2, -0.15) is 0 Å². The first-order valence-corrected chi connectivity index (χ1v) is 6.39. The van der Waals surface area contributed by atoms with E-state index < -0.39 is 0 Å². The maximum absolute atomic E-state index is 14.6. The first kappa shape index (κ1) is 10.8. The quantitative estimate of drug-likeness (QED) is 0.421. The van der Waals surface area contributed by atoms with Crippen LogP contribution in [-0.4, -0.2) is 4.40 Å². The zero-order valence-electron chi connectivity index (χ0n) is 9.90. The van der Waals surface area contributed by atoms with Crippen molar-refractivity contribution in [2.24, 2.45) is 0 Å². The summed E-state index contributed by atoms with van der Waals surface area (Å²) >= 11 is 5.99. The van der Waals surface area contributed by atoms with Gasteiger partial charge in [-0.25, -0.2) is 4.39 Å². The third-order valence-corrected chi connectivity index (χ3v) is 3.73. The van der Waals surface area contributed by atoms with Gasteiger partial charge in [0, 0.05) is 27.4 Å². The average molecular weight is 270 g/mol. The van der Waals surface area contributed by atoms with Crippen LogP contribution in [0.15, 0.2) is 54.7 Å². The van der Waals surface area contributed by atoms with Gasteiger partial charge in [0.05, 0.1) is 11.0 Å². The molecule has 2 aromatic heterocycles. The Hall–Kier alpha value is -2.06. The predicted molar refractivity (Wildman–Crippen MR) is 77.4 cm³/mol. The predicted octanol–water partition coefficient (Wildman–Crippen LogP) is 5.04. The van der Waals surface area contributed by atoms with E-state index in [4.69, 9.17) is 11.6 Å². The molecule has 0 spiro atoms. The molecule has 0 bridgehead atoms. The molecule has 0 saturated carbocycles. The van der Waals surface area contributed by atoms with E-state index in [1.165, 1.54) is 0 Å². The van der Waals surface area contributed by atoms with Crippen LogP contribution in [0, 0.1) is 5.82 Å². The number of fused-ring (bicyclic) bond motifs is 4. The summed E-state index contributed by atoms with van der Waals surface area (Å²) in [5.74, 6) is -0.189. The van der Waals surface area contributed by atoms with Crippen LogP contribution in [-0.2, 0) is 0 Å². The first-order valence-electron chi connectivity index (χ1n) is 6.01. The molecule has 2 heterocycles. The van der Waals surface area contributed by atoms with E-state index in [9.17, 15) is 4.39 Å². The van der Waals surface area contributed by atoms with Crippen LogP contribution in [0.5, 0.6) is 0 Å². The van der Waals surface area contributed by atoms with Gasteiger partial charge < -0.3 is 4.40 Å². The minimum absolute atomic E-state index is 0.189. The van der Waals surface area contributed by atoms with Crippen molar-refractivity contribution in [3.8, 4) is 0 Å². The van der Waals surface area contributed by atoms with E-state index >= 15 is 0 Å². The summed E-state index contributed by atoms with van der Waals surface area (Å²) in [5, 5.41) is 3.14. The molecule has 0 unspecified atom stereocenters. The van der Waals surface area contributed by atoms with Gasteiger partial charge in [-0.15, -0.1) is 0 Å². The fourth-order valence-corrected chi connectivity index (χ4v) is 2.78. The van der Waals surface area contributed by atoms with E-state index in [2.05, 4.69) is 0 Å². The minimum atomic E-state index is -0.189. The van der Waals surface area contributed by atoms with E-state index in [0.29, 0.717) is 15.9 Å². The fraction of sp³-hybridized carbons (Fsp3) is 0. The molecule has 0 aliphatic heterocycles. The summed E-state index contributed by atoms with van der Waals surface area (Å²) in [6.45, 7) is 0. The van der Waals surface area contributed by atoms with Gasteiger partial charge in [-0.1, -0.05) is 35.9 Å². The smallest absolute Gasteiger partial charge is 0.155 e. The van der Waals surface area contributed by atoms with Crippen LogP contribution >= 0.6 is 11.6 Å². The van der Waals surface area contributed by atoms with Gasteiger partial charge in [0.15, 0.2) is 5.82 Å². The lowest BCUT2D eigenvalue weighted by atomic mass is 10.1. The van der Waals surface area contributed by atoms with Crippen molar-refractivity contribution in [1.29, 1.82) is 0 Å². The Kier molecular flexibility index (Phi) is 2.12. The van der Waals surface area contributed by atoms with E-state index in [-0.39, 0.29) is 5.82 Å². The Labute approximate surface area is 113 Å². The van der Waals surface area contributed by atoms with Gasteiger partial charge in [0.25, 0.3) is 0 Å². The molecule has 0 aliphatic carbocycles. The van der Waals surface area contributed by atoms with Crippen molar-refractivity contribution in [2.75, 3.05) is 0 Å². The molecular weight excluding hydrogens is 261 g/mol. The average Bonchev–Trinajstić information content (AvgIpc) is 2.77. The maximum atomic E-state index is 14.6. The molecular formula is C16H9ClFN. The zero-order valence-corrected chi connectivity index (χ0v) is 10.7. The number of halogens is 2. The highest BCUT2D eigenvalue weighted by molar-refractivity contribution is 6.31. The molecule has 0 saturated heterocycles. The van der Waals surface area contributed by atoms with Crippen molar-refractivity contribution in [3.05, 3.63) is 65.6 Å². The van der Waals surface area contributed by atoms with Gasteiger partial charge >= 0.3 is 0 Å². The van der Waals surface area contributed by atoms with E-state index in [1.807, 2.05) is 53.1 Å². The third-order valence-electron chi connectivity index (χ3n) is 3.49. The Bertz CT molecular complexity index is 940. The molecule has 3 heteroatoms. The summed E-state index contributed by atoms with van der Waals surface area (Å²) in [6.07, 6.45) is 1.96. The zero-order chi connectivity index (χ0) is 13.0. The Morgan fingerprint density at radius 1 is 0.895 bits per heavy atom. The van der Waals surface area contributed by atoms with Crippen molar-refractivity contribution in [1.82, 2.24) is 4.40 Å². The highest BCUT2D eigenvalue weighted by Gasteiger charge is 2.10. The van der Waals surface area contributed by atoms with Gasteiger partial charge in [0.2, 0.25) is 0 Å². The van der Waals surface area contributed by atoms with Crippen LogP contribution in [0.4, 0.5) is 4.39 Å². The SMILES string of the molecule is Fc1c2ccccc2cn2c1cc1cc(Cl)ccc12. The molecule has 19 heavy (non-hydrogen) atoms. The second kappa shape index (κ2) is 3.72. The van der Waals surface area contributed by atoms with Crippen LogP contribution < -0.4 is 0 Å². The monoisotopic (exact) mass is 269 g/mol. The molecule has 1 nitrogen and oxygen atoms in total. The Balaban J connectivity index is 2.29. The molecule has 0 atom stereocenters. The first-order chi connectivity index (χ1) is 9.24. The summed E-state index contributed by atoms with van der Waals surface area (Å²) in [7, 11) is 0. The number of rotatable bonds is 0. The highest BCUT2D eigenvalue weighted by atomic mass is 35.5. The van der Waals surface area contributed by atoms with Crippen LogP contribution in [0.25, 0.3) is 27.2 Å². The second-order valence-electron chi connectivity index (χ2n) is 4.63. The van der Waals surface area contributed by atoms with Crippen molar-refractivity contribution < 1.29 is 4.39 Å². The third kappa shape index (κ3) is 1.47. The summed E-state index contributed by atoms with van der Waals surface area (Å²) in [5.41, 5.74) is 1.54. The lowest BCUT2D eigenvalue weighted by Crippen LogP contribution is -1.89. The summed E-state index contributed by atoms with van der Waals surface area (Å²) in [6, 6.07) is 14.9. The van der Waals surface area contributed by atoms with Crippen molar-refractivity contribution in [3.63, 3.8) is 0 Å². The fourth-order valence-electron chi connectivity index (χ4n) is 2.60. The number of hydrogen-bond donors (Lipinski definition) is 0. The van der Waals surface area contributed by atoms with Gasteiger partial charge in [-0.05, 0) is 24.3 Å². The van der Waals surface area contributed by atoms with E-state index in [1.54, 1.807) is 6.07 Å². The summed E-state index contributed by atoms with van der Waals surface area (Å²) in [4.78, 5) is 0. The standard InChI is InChI=1S/C16H9ClFN/c17-12-5-6-14-11(7-12)8-15-16(18)13-4-2-1-3-10(13)9-19(14)15/h1-9H. The van der Waals surface area contributed by atoms with Crippen molar-refractivity contribution in [2.45, 2.75) is 0 Å². The largest absolute Gasteiger partial charge is 0.313 e. The molecule has 4 aromatic rings. The maximum Gasteiger partial charge on any atom is 0.155 e. The molecule has 2 aromatic carbocycles. The number of benzene rings is 2. The van der Waals surface area contributed by atoms with Crippen LogP contribution in [0.2, 0.25) is 5.02 Å². The van der Waals surface area contributed by atoms with Crippen LogP contribution in [0.3, 0.4) is 0 Å². The lowest BCUT2D eigenvalue weighted by molar-refractivity contribution is 0.646. The molecule has 92 valence electrons. The number of pyridine rings is 1. The highest BCUT2D eigenvalue weighted by Crippen LogP contribution is 2.29. The Morgan fingerprint density at radius 3 is 2.63 bits per heavy atom. The van der Waals surface area contributed by atoms with Crippen LogP contribution in [0.1, 0.15) is 0 Å². The number of nitrogens with zero attached hydrogens (tertiary/aromatic N) is 1. The molecule has 0 fully saturated rings. The topological polar surface area (TPSA) is 4.41 Å². The van der Waals surface area contributed by atoms with Gasteiger partial charge in [-0.3, -0.25) is 0 Å². The molecule has 0 radical (unpaired) electrons. The number of aromatic nitrogens is 1. The Morgan fingerprint density at radius 2 is 1.74 bits per heavy atom. The molecule has 0 N–H and O–H groups in total. The summed E-state index contributed by atoms with van der Waals surface area (Å²) < 4.78 is 16.4. The van der Waals surface area contributed by atoms with Crippen molar-refractivity contribution >= 4 is 38.8 Å².